The molecule has 7 nitrogen and oxygen atoms in total. The molecule has 34 heavy (non-hydrogen) atoms. The molecule has 8 heteroatoms. The largest absolute Gasteiger partial charge is 0.497 e. The van der Waals surface area contributed by atoms with Gasteiger partial charge in [0.25, 0.3) is 11.8 Å². The highest BCUT2D eigenvalue weighted by Crippen LogP contribution is 2.38. The second kappa shape index (κ2) is 9.66. The number of benzene rings is 3. The Morgan fingerprint density at radius 3 is 2.21 bits per heavy atom. The Balaban J connectivity index is 1.81. The molecule has 0 atom stereocenters. The zero-order valence-corrected chi connectivity index (χ0v) is 18.9. The normalized spacial score (nSPS) is 13.4. The molecule has 1 aliphatic heterocycles. The number of rotatable bonds is 8. The molecule has 3 aromatic rings. The summed E-state index contributed by atoms with van der Waals surface area (Å²) in [4.78, 5) is 28.2. The van der Waals surface area contributed by atoms with Crippen LogP contribution < -0.4 is 19.5 Å². The summed E-state index contributed by atoms with van der Waals surface area (Å²) in [6.07, 6.45) is 0. The van der Waals surface area contributed by atoms with Crippen molar-refractivity contribution < 1.29 is 28.2 Å². The molecular formula is C26H23FN2O5. The van der Waals surface area contributed by atoms with Gasteiger partial charge in [-0.2, -0.15) is 0 Å². The number of nitrogens with zero attached hydrogens (tertiary/aromatic N) is 1. The van der Waals surface area contributed by atoms with Gasteiger partial charge in [0, 0.05) is 11.6 Å². The lowest BCUT2D eigenvalue weighted by molar-refractivity contribution is -0.137. The van der Waals surface area contributed by atoms with Crippen molar-refractivity contribution in [2.24, 2.45) is 0 Å². The highest BCUT2D eigenvalue weighted by molar-refractivity contribution is 6.37. The average Bonchev–Trinajstić information content (AvgIpc) is 3.09. The first kappa shape index (κ1) is 22.8. The smallest absolute Gasteiger partial charge is 0.278 e. The van der Waals surface area contributed by atoms with E-state index in [-0.39, 0.29) is 17.8 Å². The molecule has 0 saturated heterocycles. The Morgan fingerprint density at radius 1 is 0.824 bits per heavy atom. The average molecular weight is 462 g/mol. The van der Waals surface area contributed by atoms with Gasteiger partial charge in [0.05, 0.1) is 39.1 Å². The number of hydrogen-bond acceptors (Lipinski definition) is 6. The van der Waals surface area contributed by atoms with Crippen molar-refractivity contribution >= 4 is 23.1 Å². The van der Waals surface area contributed by atoms with Gasteiger partial charge in [-0.25, -0.2) is 4.39 Å². The van der Waals surface area contributed by atoms with Gasteiger partial charge in [-0.1, -0.05) is 30.3 Å². The number of amides is 2. The van der Waals surface area contributed by atoms with Crippen molar-refractivity contribution in [1.29, 1.82) is 0 Å². The van der Waals surface area contributed by atoms with Crippen molar-refractivity contribution in [3.63, 3.8) is 0 Å². The van der Waals surface area contributed by atoms with Gasteiger partial charge in [-0.15, -0.1) is 0 Å². The predicted octanol–water partition coefficient (Wildman–Crippen LogP) is 4.24. The molecule has 0 unspecified atom stereocenters. The lowest BCUT2D eigenvalue weighted by atomic mass is 10.0. The van der Waals surface area contributed by atoms with E-state index in [1.54, 1.807) is 42.5 Å². The summed E-state index contributed by atoms with van der Waals surface area (Å²) in [5.41, 5.74) is 1.77. The van der Waals surface area contributed by atoms with Crippen molar-refractivity contribution in [3.8, 4) is 17.2 Å². The van der Waals surface area contributed by atoms with Crippen LogP contribution >= 0.6 is 0 Å². The molecule has 0 aliphatic carbocycles. The zero-order chi connectivity index (χ0) is 24.2. The van der Waals surface area contributed by atoms with Crippen molar-refractivity contribution in [2.45, 2.75) is 6.54 Å². The first-order valence-corrected chi connectivity index (χ1v) is 10.4. The number of nitrogens with one attached hydrogen (secondary N) is 1. The van der Waals surface area contributed by atoms with Crippen LogP contribution in [0, 0.1) is 5.82 Å². The maximum absolute atomic E-state index is 13.6. The summed E-state index contributed by atoms with van der Waals surface area (Å²) in [5, 5.41) is 3.09. The lowest BCUT2D eigenvalue weighted by Gasteiger charge is -2.16. The van der Waals surface area contributed by atoms with Crippen LogP contribution in [0.3, 0.4) is 0 Å². The lowest BCUT2D eigenvalue weighted by Crippen LogP contribution is -2.32. The van der Waals surface area contributed by atoms with Crippen LogP contribution in [-0.4, -0.2) is 38.0 Å². The maximum atomic E-state index is 13.6. The fraction of sp³-hybridized carbons (Fsp3) is 0.154. The predicted molar refractivity (Wildman–Crippen MR) is 125 cm³/mol. The summed E-state index contributed by atoms with van der Waals surface area (Å²) in [5.74, 6) is 0.0261. The molecule has 1 aliphatic rings. The van der Waals surface area contributed by atoms with Crippen LogP contribution in [0.2, 0.25) is 0 Å². The topological polar surface area (TPSA) is 77.1 Å². The minimum absolute atomic E-state index is 0.0168. The van der Waals surface area contributed by atoms with Gasteiger partial charge < -0.3 is 19.5 Å². The molecule has 2 amide bonds. The van der Waals surface area contributed by atoms with Gasteiger partial charge in [0.1, 0.15) is 28.8 Å². The van der Waals surface area contributed by atoms with E-state index in [4.69, 9.17) is 14.2 Å². The van der Waals surface area contributed by atoms with Gasteiger partial charge in [-0.3, -0.25) is 14.5 Å². The molecule has 1 N–H and O–H groups in total. The van der Waals surface area contributed by atoms with Gasteiger partial charge in [-0.05, 0) is 35.9 Å². The minimum Gasteiger partial charge on any atom is -0.497 e. The van der Waals surface area contributed by atoms with E-state index in [1.807, 2.05) is 0 Å². The van der Waals surface area contributed by atoms with Gasteiger partial charge in [0.2, 0.25) is 0 Å². The third kappa shape index (κ3) is 4.30. The number of carbonyl (C=O) groups excluding carboxylic acids is 2. The number of anilines is 1. The van der Waals surface area contributed by atoms with Gasteiger partial charge in [0.15, 0.2) is 0 Å². The van der Waals surface area contributed by atoms with Crippen LogP contribution in [0.25, 0.3) is 5.57 Å². The Kier molecular flexibility index (Phi) is 6.49. The third-order valence-corrected chi connectivity index (χ3v) is 5.46. The second-order valence-electron chi connectivity index (χ2n) is 7.46. The number of para-hydroxylation sites is 1. The molecule has 0 radical (unpaired) electrons. The van der Waals surface area contributed by atoms with E-state index in [0.29, 0.717) is 34.1 Å². The van der Waals surface area contributed by atoms with E-state index in [0.717, 1.165) is 4.90 Å². The Morgan fingerprint density at radius 2 is 1.53 bits per heavy atom. The van der Waals surface area contributed by atoms with Crippen LogP contribution in [0.4, 0.5) is 10.1 Å². The fourth-order valence-corrected chi connectivity index (χ4v) is 3.76. The molecule has 0 bridgehead atoms. The molecular weight excluding hydrogens is 439 g/mol. The number of ether oxygens (including phenoxy) is 3. The number of carbonyl (C=O) groups is 2. The van der Waals surface area contributed by atoms with Crippen molar-refractivity contribution in [3.05, 3.63) is 89.4 Å². The molecule has 3 aromatic carbocycles. The summed E-state index contributed by atoms with van der Waals surface area (Å²) in [6, 6.07) is 17.7. The van der Waals surface area contributed by atoms with Crippen LogP contribution in [-0.2, 0) is 16.1 Å². The van der Waals surface area contributed by atoms with Crippen molar-refractivity contribution in [1.82, 2.24) is 4.90 Å². The maximum Gasteiger partial charge on any atom is 0.278 e. The zero-order valence-electron chi connectivity index (χ0n) is 18.9. The van der Waals surface area contributed by atoms with Crippen molar-refractivity contribution in [2.75, 3.05) is 26.6 Å². The fourth-order valence-electron chi connectivity index (χ4n) is 3.76. The molecule has 1 heterocycles. The molecule has 0 aromatic heterocycles. The molecule has 0 fully saturated rings. The van der Waals surface area contributed by atoms with E-state index >= 15 is 0 Å². The summed E-state index contributed by atoms with van der Waals surface area (Å²) >= 11 is 0. The molecule has 0 spiro atoms. The number of hydrogen-bond donors (Lipinski definition) is 1. The van der Waals surface area contributed by atoms with Crippen LogP contribution in [0.5, 0.6) is 17.2 Å². The quantitative estimate of drug-likeness (QED) is 0.505. The molecule has 4 rings (SSSR count). The minimum atomic E-state index is -0.528. The summed E-state index contributed by atoms with van der Waals surface area (Å²) in [7, 11) is 4.53. The van der Waals surface area contributed by atoms with Crippen LogP contribution in [0.15, 0.2) is 72.4 Å². The summed E-state index contributed by atoms with van der Waals surface area (Å²) < 4.78 is 29.5. The number of halogens is 1. The Labute approximate surface area is 196 Å². The number of methoxy groups -OCH3 is 3. The Hall–Kier alpha value is -4.33. The molecule has 0 saturated carbocycles. The monoisotopic (exact) mass is 462 g/mol. The number of imide groups is 1. The van der Waals surface area contributed by atoms with Gasteiger partial charge >= 0.3 is 0 Å². The summed E-state index contributed by atoms with van der Waals surface area (Å²) in [6.45, 7) is -0.0168. The third-order valence-electron chi connectivity index (χ3n) is 5.46. The Bertz CT molecular complexity index is 1270. The standard InChI is InChI=1S/C26H23FN2O5/c1-32-18-12-13-22(34-3)20(14-18)28-24-23(19-6-4-5-7-21(19)33-2)25(30)29(26(24)31)15-16-8-10-17(27)11-9-16/h4-14,28H,15H2,1-3H3. The van der Waals surface area contributed by atoms with Crippen LogP contribution in [0.1, 0.15) is 11.1 Å². The second-order valence-corrected chi connectivity index (χ2v) is 7.46. The molecule has 174 valence electrons. The van der Waals surface area contributed by atoms with E-state index in [1.165, 1.54) is 45.6 Å². The van der Waals surface area contributed by atoms with E-state index in [9.17, 15) is 14.0 Å². The first-order chi connectivity index (χ1) is 16.5. The van der Waals surface area contributed by atoms with E-state index in [2.05, 4.69) is 5.32 Å². The first-order valence-electron chi connectivity index (χ1n) is 10.4. The highest BCUT2D eigenvalue weighted by Gasteiger charge is 2.40. The highest BCUT2D eigenvalue weighted by atomic mass is 19.1. The van der Waals surface area contributed by atoms with E-state index < -0.39 is 17.6 Å². The SMILES string of the molecule is COc1ccc(OC)c(NC2=C(c3ccccc3OC)C(=O)N(Cc3ccc(F)cc3)C2=O)c1.